The highest BCUT2D eigenvalue weighted by molar-refractivity contribution is 5.33. The molecular formula is C6H9N3O. The molecular weight excluding hydrogens is 130 g/mol. The van der Waals surface area contributed by atoms with Crippen LogP contribution in [0.25, 0.3) is 0 Å². The average molecular weight is 139 g/mol. The Labute approximate surface area is 58.7 Å². The molecule has 1 aromatic rings. The van der Waals surface area contributed by atoms with Gasteiger partial charge < -0.3 is 10.9 Å². The van der Waals surface area contributed by atoms with E-state index in [9.17, 15) is 5.21 Å². The molecule has 0 saturated carbocycles. The SMILES string of the molecule is NCc1ccc[n+]([O-])c1N. The van der Waals surface area contributed by atoms with Crippen molar-refractivity contribution in [3.05, 3.63) is 29.1 Å². The highest BCUT2D eigenvalue weighted by Gasteiger charge is 2.01. The van der Waals surface area contributed by atoms with Gasteiger partial charge in [0.15, 0.2) is 0 Å². The fourth-order valence-electron chi connectivity index (χ4n) is 0.717. The van der Waals surface area contributed by atoms with E-state index in [1.807, 2.05) is 0 Å². The largest absolute Gasteiger partial charge is 0.711 e. The number of hydrogen-bond donors (Lipinski definition) is 2. The second-order valence-electron chi connectivity index (χ2n) is 1.95. The van der Waals surface area contributed by atoms with Gasteiger partial charge in [0.2, 0.25) is 0 Å². The number of nitrogens with two attached hydrogens (primary N) is 2. The summed E-state index contributed by atoms with van der Waals surface area (Å²) in [6, 6.07) is 3.34. The quantitative estimate of drug-likeness (QED) is 0.401. The Kier molecular flexibility index (Phi) is 1.73. The molecule has 0 aliphatic heterocycles. The number of hydrogen-bond acceptors (Lipinski definition) is 3. The van der Waals surface area contributed by atoms with Crippen molar-refractivity contribution in [2.24, 2.45) is 5.73 Å². The van der Waals surface area contributed by atoms with E-state index in [1.54, 1.807) is 12.1 Å². The molecule has 4 nitrogen and oxygen atoms in total. The van der Waals surface area contributed by atoms with Crippen LogP contribution >= 0.6 is 0 Å². The van der Waals surface area contributed by atoms with Crippen LogP contribution in [0, 0.1) is 5.21 Å². The van der Waals surface area contributed by atoms with Crippen molar-refractivity contribution in [2.45, 2.75) is 6.54 Å². The highest BCUT2D eigenvalue weighted by Crippen LogP contribution is 2.01. The number of nitrogen functional groups attached to an aromatic ring is 1. The minimum absolute atomic E-state index is 0.185. The van der Waals surface area contributed by atoms with E-state index in [0.717, 1.165) is 0 Å². The number of rotatable bonds is 1. The smallest absolute Gasteiger partial charge is 0.279 e. The van der Waals surface area contributed by atoms with Gasteiger partial charge in [0.1, 0.15) is 0 Å². The first-order chi connectivity index (χ1) is 4.75. The zero-order valence-corrected chi connectivity index (χ0v) is 5.45. The van der Waals surface area contributed by atoms with E-state index >= 15 is 0 Å². The third-order valence-corrected chi connectivity index (χ3v) is 1.31. The summed E-state index contributed by atoms with van der Waals surface area (Å²) < 4.78 is 0.599. The van der Waals surface area contributed by atoms with Crippen LogP contribution in [-0.2, 0) is 6.54 Å². The maximum atomic E-state index is 10.7. The molecule has 0 unspecified atom stereocenters. The van der Waals surface area contributed by atoms with Gasteiger partial charge in [0.05, 0.1) is 11.8 Å². The third-order valence-electron chi connectivity index (χ3n) is 1.31. The van der Waals surface area contributed by atoms with Gasteiger partial charge in [0.25, 0.3) is 5.82 Å². The molecule has 0 aromatic carbocycles. The van der Waals surface area contributed by atoms with Gasteiger partial charge in [-0.1, -0.05) is 0 Å². The van der Waals surface area contributed by atoms with Gasteiger partial charge in [-0.2, -0.15) is 0 Å². The Balaban J connectivity index is 3.14. The van der Waals surface area contributed by atoms with E-state index in [2.05, 4.69) is 0 Å². The van der Waals surface area contributed by atoms with Gasteiger partial charge in [-0.05, 0) is 12.1 Å². The summed E-state index contributed by atoms with van der Waals surface area (Å²) in [5.74, 6) is 0.185. The summed E-state index contributed by atoms with van der Waals surface area (Å²) in [7, 11) is 0. The molecule has 0 spiro atoms. The Morgan fingerprint density at radius 1 is 1.60 bits per heavy atom. The highest BCUT2D eigenvalue weighted by atomic mass is 16.5. The molecule has 4 heteroatoms. The molecule has 0 radical (unpaired) electrons. The average Bonchev–Trinajstić information content (AvgIpc) is 1.95. The van der Waals surface area contributed by atoms with E-state index in [-0.39, 0.29) is 5.82 Å². The molecule has 0 saturated heterocycles. The van der Waals surface area contributed by atoms with Gasteiger partial charge in [0, 0.05) is 6.54 Å². The van der Waals surface area contributed by atoms with E-state index < -0.39 is 0 Å². The Morgan fingerprint density at radius 2 is 2.30 bits per heavy atom. The van der Waals surface area contributed by atoms with Crippen LogP contribution in [0.5, 0.6) is 0 Å². The maximum Gasteiger partial charge on any atom is 0.279 e. The van der Waals surface area contributed by atoms with Crippen LogP contribution in [0.15, 0.2) is 18.3 Å². The lowest BCUT2D eigenvalue weighted by atomic mass is 10.2. The van der Waals surface area contributed by atoms with Crippen LogP contribution in [-0.4, -0.2) is 0 Å². The van der Waals surface area contributed by atoms with Crippen molar-refractivity contribution in [1.82, 2.24) is 0 Å². The van der Waals surface area contributed by atoms with E-state index in [1.165, 1.54) is 6.20 Å². The third kappa shape index (κ3) is 1.01. The summed E-state index contributed by atoms with van der Waals surface area (Å²) in [6.45, 7) is 0.301. The monoisotopic (exact) mass is 139 g/mol. The lowest BCUT2D eigenvalue weighted by molar-refractivity contribution is -0.590. The molecule has 0 atom stereocenters. The molecule has 1 rings (SSSR count). The standard InChI is InChI=1S/C6H9N3O/c7-4-5-2-1-3-9(10)6(5)8/h1-3H,4,7-8H2. The van der Waals surface area contributed by atoms with Crippen molar-refractivity contribution >= 4 is 5.82 Å². The number of nitrogens with zero attached hydrogens (tertiary/aromatic N) is 1. The fourth-order valence-corrected chi connectivity index (χ4v) is 0.717. The summed E-state index contributed by atoms with van der Waals surface area (Å²) in [5, 5.41) is 10.7. The zero-order valence-electron chi connectivity index (χ0n) is 5.45. The molecule has 0 bridgehead atoms. The first kappa shape index (κ1) is 6.82. The van der Waals surface area contributed by atoms with Crippen molar-refractivity contribution in [1.29, 1.82) is 0 Å². The van der Waals surface area contributed by atoms with Gasteiger partial charge in [-0.25, -0.2) is 4.73 Å². The van der Waals surface area contributed by atoms with E-state index in [0.29, 0.717) is 16.8 Å². The minimum Gasteiger partial charge on any atom is -0.711 e. The number of pyridine rings is 1. The van der Waals surface area contributed by atoms with Crippen LogP contribution < -0.4 is 16.2 Å². The van der Waals surface area contributed by atoms with Crippen molar-refractivity contribution < 1.29 is 4.73 Å². The fraction of sp³-hybridized carbons (Fsp3) is 0.167. The molecule has 4 N–H and O–H groups in total. The first-order valence-corrected chi connectivity index (χ1v) is 2.92. The Hall–Kier alpha value is -1.29. The van der Waals surface area contributed by atoms with Gasteiger partial charge in [-0.3, -0.25) is 5.73 Å². The molecule has 0 fully saturated rings. The maximum absolute atomic E-state index is 10.7. The lowest BCUT2D eigenvalue weighted by Gasteiger charge is -2.05. The minimum atomic E-state index is 0.185. The molecule has 0 aliphatic carbocycles. The Bertz CT molecular complexity index is 236. The molecule has 54 valence electrons. The topological polar surface area (TPSA) is 79.0 Å². The first-order valence-electron chi connectivity index (χ1n) is 2.92. The van der Waals surface area contributed by atoms with Crippen LogP contribution in [0.1, 0.15) is 5.56 Å². The summed E-state index contributed by atoms with van der Waals surface area (Å²) in [5.41, 5.74) is 11.3. The predicted molar refractivity (Wildman–Crippen MR) is 37.7 cm³/mol. The van der Waals surface area contributed by atoms with E-state index in [4.69, 9.17) is 11.5 Å². The number of aromatic nitrogens is 1. The van der Waals surface area contributed by atoms with Crippen molar-refractivity contribution in [2.75, 3.05) is 5.73 Å². The zero-order chi connectivity index (χ0) is 7.56. The summed E-state index contributed by atoms with van der Waals surface area (Å²) in [4.78, 5) is 0. The van der Waals surface area contributed by atoms with Crippen LogP contribution in [0.2, 0.25) is 0 Å². The lowest BCUT2D eigenvalue weighted by Crippen LogP contribution is -2.31. The van der Waals surface area contributed by atoms with Gasteiger partial charge in [-0.15, -0.1) is 0 Å². The van der Waals surface area contributed by atoms with Crippen molar-refractivity contribution in [3.8, 4) is 0 Å². The van der Waals surface area contributed by atoms with Gasteiger partial charge >= 0.3 is 0 Å². The van der Waals surface area contributed by atoms with Crippen LogP contribution in [0.4, 0.5) is 5.82 Å². The predicted octanol–water partition coefficient (Wildman–Crippen LogP) is -0.639. The normalized spacial score (nSPS) is 9.70. The Morgan fingerprint density at radius 3 is 2.80 bits per heavy atom. The summed E-state index contributed by atoms with van der Waals surface area (Å²) >= 11 is 0. The molecule has 0 aliphatic rings. The second-order valence-corrected chi connectivity index (χ2v) is 1.95. The molecule has 1 aromatic heterocycles. The molecule has 0 amide bonds. The summed E-state index contributed by atoms with van der Waals surface area (Å²) in [6.07, 6.45) is 1.34. The van der Waals surface area contributed by atoms with Crippen molar-refractivity contribution in [3.63, 3.8) is 0 Å². The second kappa shape index (κ2) is 2.53. The molecule has 10 heavy (non-hydrogen) atoms. The van der Waals surface area contributed by atoms with Crippen LogP contribution in [0.3, 0.4) is 0 Å². The molecule has 1 heterocycles. The number of anilines is 1.